The van der Waals surface area contributed by atoms with Gasteiger partial charge >= 0.3 is 0 Å². The molecule has 3 aliphatic rings. The van der Waals surface area contributed by atoms with E-state index in [1.54, 1.807) is 6.20 Å². The van der Waals surface area contributed by atoms with Crippen LogP contribution in [0.25, 0.3) is 10.9 Å². The highest BCUT2D eigenvalue weighted by atomic mass is 16.5. The number of nitrogens with one attached hydrogen (secondary N) is 1. The van der Waals surface area contributed by atoms with E-state index in [1.165, 1.54) is 16.8 Å². The lowest BCUT2D eigenvalue weighted by molar-refractivity contribution is -0.0329. The molecule has 0 saturated carbocycles. The second kappa shape index (κ2) is 10.3. The van der Waals surface area contributed by atoms with Gasteiger partial charge in [0.15, 0.2) is 0 Å². The van der Waals surface area contributed by atoms with Crippen molar-refractivity contribution < 1.29 is 9.84 Å². The number of benzene rings is 2. The standard InChI is InChI=1S/C29H34N6O2/c1-20-14-34(28-7-5-21(12-30)29-27(28)3-2-8-32-29)18-26(37-20)17-33-15-22-4-6-24(11-23(22)16-33)35-10-9-31-13-25(35)19-36/h2-8,11,20,25-26,31,36H,9-10,13-19H2,1H3. The summed E-state index contributed by atoms with van der Waals surface area (Å²) in [7, 11) is 0. The van der Waals surface area contributed by atoms with Crippen LogP contribution in [-0.2, 0) is 17.8 Å². The van der Waals surface area contributed by atoms with Gasteiger partial charge in [0.1, 0.15) is 6.07 Å². The summed E-state index contributed by atoms with van der Waals surface area (Å²) >= 11 is 0. The second-order valence-electron chi connectivity index (χ2n) is 10.5. The van der Waals surface area contributed by atoms with Crippen molar-refractivity contribution in [3.8, 4) is 6.07 Å². The van der Waals surface area contributed by atoms with Gasteiger partial charge in [-0.3, -0.25) is 9.88 Å². The first kappa shape index (κ1) is 24.1. The zero-order chi connectivity index (χ0) is 25.4. The van der Waals surface area contributed by atoms with Crippen molar-refractivity contribution in [2.75, 3.05) is 55.7 Å². The van der Waals surface area contributed by atoms with Crippen LogP contribution < -0.4 is 15.1 Å². The fraction of sp³-hybridized carbons (Fsp3) is 0.448. The van der Waals surface area contributed by atoms with Gasteiger partial charge in [-0.25, -0.2) is 0 Å². The third-order valence-corrected chi connectivity index (χ3v) is 7.87. The van der Waals surface area contributed by atoms with Crippen LogP contribution in [-0.4, -0.2) is 79.1 Å². The fourth-order valence-corrected chi connectivity index (χ4v) is 6.18. The molecule has 8 nitrogen and oxygen atoms in total. The molecule has 2 N–H and O–H groups in total. The topological polar surface area (TPSA) is 87.9 Å². The number of hydrogen-bond acceptors (Lipinski definition) is 8. The minimum Gasteiger partial charge on any atom is -0.394 e. The number of anilines is 2. The van der Waals surface area contributed by atoms with Gasteiger partial charge in [0, 0.05) is 75.3 Å². The zero-order valence-corrected chi connectivity index (χ0v) is 21.3. The molecular formula is C29H34N6O2. The molecule has 0 spiro atoms. The van der Waals surface area contributed by atoms with Gasteiger partial charge in [-0.15, -0.1) is 0 Å². The van der Waals surface area contributed by atoms with Crippen molar-refractivity contribution in [2.45, 2.75) is 38.3 Å². The minimum atomic E-state index is 0.0897. The first-order valence-corrected chi connectivity index (χ1v) is 13.2. The van der Waals surface area contributed by atoms with E-state index >= 15 is 0 Å². The first-order valence-electron chi connectivity index (χ1n) is 13.2. The highest BCUT2D eigenvalue weighted by molar-refractivity contribution is 5.95. The Labute approximate surface area is 218 Å². The number of aliphatic hydroxyl groups is 1. The average molecular weight is 499 g/mol. The maximum absolute atomic E-state index is 9.82. The lowest BCUT2D eigenvalue weighted by Gasteiger charge is -2.40. The number of hydrogen-bond donors (Lipinski definition) is 2. The van der Waals surface area contributed by atoms with Crippen LogP contribution in [0.2, 0.25) is 0 Å². The molecule has 3 aromatic rings. The predicted molar refractivity (Wildman–Crippen MR) is 145 cm³/mol. The number of piperazine rings is 1. The van der Waals surface area contributed by atoms with Crippen LogP contribution in [0.5, 0.6) is 0 Å². The summed E-state index contributed by atoms with van der Waals surface area (Å²) in [5.74, 6) is 0. The number of fused-ring (bicyclic) bond motifs is 2. The van der Waals surface area contributed by atoms with E-state index in [2.05, 4.69) is 68.3 Å². The first-order chi connectivity index (χ1) is 18.1. The quantitative estimate of drug-likeness (QED) is 0.555. The minimum absolute atomic E-state index is 0.0897. The molecule has 2 aromatic carbocycles. The third kappa shape index (κ3) is 4.76. The Bertz CT molecular complexity index is 1320. The summed E-state index contributed by atoms with van der Waals surface area (Å²) in [6.07, 6.45) is 1.95. The third-order valence-electron chi connectivity index (χ3n) is 7.87. The Kier molecular flexibility index (Phi) is 6.70. The Hall–Kier alpha value is -3.22. The number of morpholine rings is 1. The molecule has 6 rings (SSSR count). The number of aliphatic hydroxyl groups excluding tert-OH is 1. The molecule has 37 heavy (non-hydrogen) atoms. The predicted octanol–water partition coefficient (Wildman–Crippen LogP) is 2.49. The lowest BCUT2D eigenvalue weighted by Crippen LogP contribution is -2.53. The molecule has 3 atom stereocenters. The Morgan fingerprint density at radius 3 is 2.92 bits per heavy atom. The number of ether oxygens (including phenoxy) is 1. The molecule has 1 aromatic heterocycles. The lowest BCUT2D eigenvalue weighted by atomic mass is 10.1. The van der Waals surface area contributed by atoms with Crippen molar-refractivity contribution in [1.29, 1.82) is 5.26 Å². The molecule has 0 aliphatic carbocycles. The molecule has 0 bridgehead atoms. The van der Waals surface area contributed by atoms with Gasteiger partial charge in [-0.1, -0.05) is 6.07 Å². The highest BCUT2D eigenvalue weighted by Gasteiger charge is 2.31. The SMILES string of the molecule is CC1CN(c2ccc(C#N)c3ncccc23)CC(CN2Cc3ccc(N4CCNCC4CO)cc3C2)O1. The van der Waals surface area contributed by atoms with Crippen LogP contribution in [0, 0.1) is 11.3 Å². The summed E-state index contributed by atoms with van der Waals surface area (Å²) < 4.78 is 6.41. The summed E-state index contributed by atoms with van der Waals surface area (Å²) in [5.41, 5.74) is 6.44. The van der Waals surface area contributed by atoms with Gasteiger partial charge < -0.3 is 25.0 Å². The fourth-order valence-electron chi connectivity index (χ4n) is 6.18. The summed E-state index contributed by atoms with van der Waals surface area (Å²) in [5, 5.41) is 23.7. The maximum Gasteiger partial charge on any atom is 0.101 e. The van der Waals surface area contributed by atoms with Gasteiger partial charge in [-0.2, -0.15) is 5.26 Å². The largest absolute Gasteiger partial charge is 0.394 e. The van der Waals surface area contributed by atoms with Gasteiger partial charge in [0.25, 0.3) is 0 Å². The van der Waals surface area contributed by atoms with Crippen LogP contribution in [0.15, 0.2) is 48.7 Å². The van der Waals surface area contributed by atoms with Crippen LogP contribution in [0.3, 0.4) is 0 Å². The van der Waals surface area contributed by atoms with Crippen LogP contribution in [0.1, 0.15) is 23.6 Å². The summed E-state index contributed by atoms with van der Waals surface area (Å²) in [4.78, 5) is 11.7. The normalized spacial score (nSPS) is 24.3. The molecule has 3 aliphatic heterocycles. The zero-order valence-electron chi connectivity index (χ0n) is 21.3. The molecule has 8 heteroatoms. The molecule has 0 radical (unpaired) electrons. The van der Waals surface area contributed by atoms with Crippen molar-refractivity contribution in [2.24, 2.45) is 0 Å². The molecule has 4 heterocycles. The van der Waals surface area contributed by atoms with Crippen LogP contribution in [0.4, 0.5) is 11.4 Å². The van der Waals surface area contributed by atoms with Crippen molar-refractivity contribution >= 4 is 22.3 Å². The molecule has 2 fully saturated rings. The van der Waals surface area contributed by atoms with E-state index in [0.29, 0.717) is 5.56 Å². The molecule has 192 valence electrons. The van der Waals surface area contributed by atoms with Gasteiger partial charge in [0.2, 0.25) is 0 Å². The monoisotopic (exact) mass is 498 g/mol. The molecule has 0 amide bonds. The van der Waals surface area contributed by atoms with E-state index in [1.807, 2.05) is 12.1 Å². The van der Waals surface area contributed by atoms with E-state index in [-0.39, 0.29) is 24.9 Å². The van der Waals surface area contributed by atoms with Crippen molar-refractivity contribution in [1.82, 2.24) is 15.2 Å². The number of rotatable bonds is 5. The summed E-state index contributed by atoms with van der Waals surface area (Å²) in [6.45, 7) is 9.30. The molecule has 3 unspecified atom stereocenters. The number of aromatic nitrogens is 1. The Morgan fingerprint density at radius 1 is 1.16 bits per heavy atom. The number of nitrogens with zero attached hydrogens (tertiary/aromatic N) is 5. The van der Waals surface area contributed by atoms with Crippen LogP contribution >= 0.6 is 0 Å². The maximum atomic E-state index is 9.82. The second-order valence-corrected chi connectivity index (χ2v) is 10.5. The smallest absolute Gasteiger partial charge is 0.101 e. The Balaban J connectivity index is 1.16. The van der Waals surface area contributed by atoms with E-state index in [0.717, 1.165) is 68.9 Å². The van der Waals surface area contributed by atoms with E-state index in [9.17, 15) is 10.4 Å². The van der Waals surface area contributed by atoms with Gasteiger partial charge in [0.05, 0.1) is 35.9 Å². The van der Waals surface area contributed by atoms with E-state index in [4.69, 9.17) is 4.74 Å². The number of pyridine rings is 1. The molecule has 2 saturated heterocycles. The van der Waals surface area contributed by atoms with E-state index < -0.39 is 0 Å². The average Bonchev–Trinajstić information content (AvgIpc) is 3.33. The highest BCUT2D eigenvalue weighted by Crippen LogP contribution is 2.32. The molecular weight excluding hydrogens is 464 g/mol. The van der Waals surface area contributed by atoms with Gasteiger partial charge in [-0.05, 0) is 54.4 Å². The van der Waals surface area contributed by atoms with Crippen molar-refractivity contribution in [3.05, 3.63) is 65.4 Å². The summed E-state index contributed by atoms with van der Waals surface area (Å²) in [6, 6.07) is 17.1. The number of nitriles is 1. The van der Waals surface area contributed by atoms with Crippen molar-refractivity contribution in [3.63, 3.8) is 0 Å². The Morgan fingerprint density at radius 2 is 2.05 bits per heavy atom.